The van der Waals surface area contributed by atoms with Crippen molar-refractivity contribution in [2.24, 2.45) is 17.3 Å². The minimum absolute atomic E-state index is 0.124. The third kappa shape index (κ3) is 4.03. The first-order valence-electron chi connectivity index (χ1n) is 7.79. The van der Waals surface area contributed by atoms with Crippen molar-refractivity contribution in [3.63, 3.8) is 0 Å². The van der Waals surface area contributed by atoms with Gasteiger partial charge in [-0.25, -0.2) is 0 Å². The Balaban J connectivity index is 1.89. The number of hydrogen-bond donors (Lipinski definition) is 1. The number of piperidine rings is 1. The number of aliphatic hydroxyl groups is 1. The van der Waals surface area contributed by atoms with Crippen LogP contribution in [-0.4, -0.2) is 41.5 Å². The molecule has 0 aromatic rings. The largest absolute Gasteiger partial charge is 0.393 e. The van der Waals surface area contributed by atoms with Crippen LogP contribution in [0.4, 0.5) is 0 Å². The molecule has 1 heterocycles. The maximum absolute atomic E-state index is 12.1. The lowest BCUT2D eigenvalue weighted by atomic mass is 9.68. The Morgan fingerprint density at radius 3 is 2.42 bits per heavy atom. The molecule has 0 aromatic heterocycles. The van der Waals surface area contributed by atoms with E-state index in [-0.39, 0.29) is 12.0 Å². The Morgan fingerprint density at radius 1 is 1.21 bits per heavy atom. The van der Waals surface area contributed by atoms with Gasteiger partial charge in [0.25, 0.3) is 0 Å². The minimum atomic E-state index is -0.124. The molecule has 2 unspecified atom stereocenters. The van der Waals surface area contributed by atoms with Crippen LogP contribution in [0.25, 0.3) is 0 Å². The number of likely N-dealkylation sites (tertiary alicyclic amines) is 1. The highest BCUT2D eigenvalue weighted by Gasteiger charge is 2.35. The average Bonchev–Trinajstić information content (AvgIpc) is 2.33. The van der Waals surface area contributed by atoms with Gasteiger partial charge in [-0.15, -0.1) is 0 Å². The zero-order chi connectivity index (χ0) is 14.0. The van der Waals surface area contributed by atoms with Crippen molar-refractivity contribution in [3.05, 3.63) is 0 Å². The molecule has 2 fully saturated rings. The molecule has 1 N–H and O–H groups in total. The molecular weight excluding hydrogens is 238 g/mol. The van der Waals surface area contributed by atoms with Crippen molar-refractivity contribution < 1.29 is 9.90 Å². The zero-order valence-corrected chi connectivity index (χ0v) is 12.7. The first-order chi connectivity index (χ1) is 8.86. The molecule has 1 aliphatic heterocycles. The highest BCUT2D eigenvalue weighted by Crippen LogP contribution is 2.39. The minimum Gasteiger partial charge on any atom is -0.393 e. The molecule has 1 saturated heterocycles. The number of ketones is 1. The molecular formula is C16H29NO2. The number of rotatable bonds is 2. The fraction of sp³-hybridized carbons (Fsp3) is 0.938. The monoisotopic (exact) mass is 267 g/mol. The molecule has 2 rings (SSSR count). The number of nitrogens with zero attached hydrogens (tertiary/aromatic N) is 1. The molecule has 19 heavy (non-hydrogen) atoms. The Labute approximate surface area is 117 Å². The number of carbonyl (C=O) groups excluding carboxylic acids is 1. The van der Waals surface area contributed by atoms with Gasteiger partial charge in [0, 0.05) is 32.0 Å². The van der Waals surface area contributed by atoms with E-state index in [2.05, 4.69) is 25.7 Å². The Morgan fingerprint density at radius 2 is 1.84 bits per heavy atom. The summed E-state index contributed by atoms with van der Waals surface area (Å²) in [7, 11) is 0. The first kappa shape index (κ1) is 15.0. The van der Waals surface area contributed by atoms with Crippen LogP contribution in [0.15, 0.2) is 0 Å². The van der Waals surface area contributed by atoms with Gasteiger partial charge in [-0.1, -0.05) is 20.8 Å². The van der Waals surface area contributed by atoms with Crippen molar-refractivity contribution >= 4 is 5.78 Å². The molecule has 1 aliphatic carbocycles. The quantitative estimate of drug-likeness (QED) is 0.835. The summed E-state index contributed by atoms with van der Waals surface area (Å²) in [6.07, 6.45) is 4.50. The van der Waals surface area contributed by atoms with E-state index >= 15 is 0 Å². The molecule has 2 aliphatic rings. The van der Waals surface area contributed by atoms with Crippen LogP contribution in [0.1, 0.15) is 52.9 Å². The number of aliphatic hydroxyl groups excluding tert-OH is 1. The Hall–Kier alpha value is -0.410. The van der Waals surface area contributed by atoms with Crippen LogP contribution in [0, 0.1) is 17.3 Å². The van der Waals surface area contributed by atoms with E-state index in [4.69, 9.17) is 0 Å². The van der Waals surface area contributed by atoms with Crippen LogP contribution < -0.4 is 0 Å². The van der Waals surface area contributed by atoms with Gasteiger partial charge in [-0.3, -0.25) is 4.79 Å². The lowest BCUT2D eigenvalue weighted by Crippen LogP contribution is -2.43. The second-order valence-electron chi connectivity index (χ2n) is 7.53. The third-order valence-corrected chi connectivity index (χ3v) is 5.02. The van der Waals surface area contributed by atoms with Crippen molar-refractivity contribution in [1.29, 1.82) is 0 Å². The predicted molar refractivity (Wildman–Crippen MR) is 77.0 cm³/mol. The lowest BCUT2D eigenvalue weighted by Gasteiger charge is -2.39. The average molecular weight is 267 g/mol. The molecule has 110 valence electrons. The van der Waals surface area contributed by atoms with Gasteiger partial charge in [0.1, 0.15) is 5.78 Å². The molecule has 0 bridgehead atoms. The predicted octanol–water partition coefficient (Wildman–Crippen LogP) is 2.47. The van der Waals surface area contributed by atoms with Gasteiger partial charge in [0.15, 0.2) is 0 Å². The molecule has 2 atom stereocenters. The lowest BCUT2D eigenvalue weighted by molar-refractivity contribution is -0.127. The maximum Gasteiger partial charge on any atom is 0.137 e. The number of hydrogen-bond acceptors (Lipinski definition) is 3. The second-order valence-corrected chi connectivity index (χ2v) is 7.53. The maximum atomic E-state index is 12.1. The van der Waals surface area contributed by atoms with Crippen molar-refractivity contribution in [2.45, 2.75) is 59.0 Å². The van der Waals surface area contributed by atoms with Crippen LogP contribution in [0.2, 0.25) is 0 Å². The van der Waals surface area contributed by atoms with E-state index in [1.54, 1.807) is 0 Å². The van der Waals surface area contributed by atoms with Gasteiger partial charge in [-0.2, -0.15) is 0 Å². The van der Waals surface area contributed by atoms with Crippen LogP contribution in [0.5, 0.6) is 0 Å². The zero-order valence-electron chi connectivity index (χ0n) is 12.7. The highest BCUT2D eigenvalue weighted by atomic mass is 16.3. The molecule has 0 aromatic carbocycles. The van der Waals surface area contributed by atoms with Gasteiger partial charge in [0.2, 0.25) is 0 Å². The van der Waals surface area contributed by atoms with Gasteiger partial charge < -0.3 is 10.0 Å². The molecule has 0 spiro atoms. The SMILES string of the molecule is CC(C)(C)C1CCC(=O)C(CN2CCC(O)CC2)C1. The second kappa shape index (κ2) is 5.92. The third-order valence-electron chi connectivity index (χ3n) is 5.02. The van der Waals surface area contributed by atoms with Gasteiger partial charge in [-0.05, 0) is 37.0 Å². The summed E-state index contributed by atoms with van der Waals surface area (Å²) in [5.41, 5.74) is 0.317. The van der Waals surface area contributed by atoms with E-state index in [0.717, 1.165) is 51.7 Å². The van der Waals surface area contributed by atoms with Crippen molar-refractivity contribution in [3.8, 4) is 0 Å². The fourth-order valence-corrected chi connectivity index (χ4v) is 3.49. The summed E-state index contributed by atoms with van der Waals surface area (Å²) >= 11 is 0. The summed E-state index contributed by atoms with van der Waals surface area (Å²) in [6, 6.07) is 0. The first-order valence-corrected chi connectivity index (χ1v) is 7.79. The molecule has 3 heteroatoms. The van der Waals surface area contributed by atoms with E-state index in [9.17, 15) is 9.90 Å². The van der Waals surface area contributed by atoms with E-state index in [1.165, 1.54) is 0 Å². The summed E-state index contributed by atoms with van der Waals surface area (Å²) in [6.45, 7) is 9.69. The van der Waals surface area contributed by atoms with E-state index in [1.807, 2.05) is 0 Å². The van der Waals surface area contributed by atoms with E-state index < -0.39 is 0 Å². The topological polar surface area (TPSA) is 40.5 Å². The summed E-state index contributed by atoms with van der Waals surface area (Å²) in [5, 5.41) is 9.54. The summed E-state index contributed by atoms with van der Waals surface area (Å²) in [4.78, 5) is 14.5. The number of Topliss-reactive ketones (excluding diaryl/α,β-unsaturated/α-hetero) is 1. The Bertz CT molecular complexity index is 313. The molecule has 1 saturated carbocycles. The van der Waals surface area contributed by atoms with Crippen LogP contribution >= 0.6 is 0 Å². The normalized spacial score (nSPS) is 31.7. The summed E-state index contributed by atoms with van der Waals surface area (Å²) < 4.78 is 0. The van der Waals surface area contributed by atoms with Crippen molar-refractivity contribution in [2.75, 3.05) is 19.6 Å². The number of carbonyl (C=O) groups is 1. The van der Waals surface area contributed by atoms with Crippen molar-refractivity contribution in [1.82, 2.24) is 4.90 Å². The standard InChI is InChI=1S/C16H29NO2/c1-16(2,3)13-4-5-15(19)12(10-13)11-17-8-6-14(18)7-9-17/h12-14,18H,4-11H2,1-3H3. The highest BCUT2D eigenvalue weighted by molar-refractivity contribution is 5.82. The molecule has 0 radical (unpaired) electrons. The molecule has 3 nitrogen and oxygen atoms in total. The van der Waals surface area contributed by atoms with Crippen LogP contribution in [0.3, 0.4) is 0 Å². The Kier molecular flexibility index (Phi) is 4.67. The smallest absolute Gasteiger partial charge is 0.137 e. The molecule has 0 amide bonds. The van der Waals surface area contributed by atoms with E-state index in [0.29, 0.717) is 17.1 Å². The summed E-state index contributed by atoms with van der Waals surface area (Å²) in [5.74, 6) is 1.37. The fourth-order valence-electron chi connectivity index (χ4n) is 3.49. The van der Waals surface area contributed by atoms with Crippen LogP contribution in [-0.2, 0) is 4.79 Å². The van der Waals surface area contributed by atoms with Gasteiger partial charge in [0.05, 0.1) is 6.10 Å². The van der Waals surface area contributed by atoms with Gasteiger partial charge >= 0.3 is 0 Å².